The first-order chi connectivity index (χ1) is 17.6. The number of halogens is 5. The summed E-state index contributed by atoms with van der Waals surface area (Å²) in [5, 5.41) is 27.7. The average molecular weight is 555 g/mol. The van der Waals surface area contributed by atoms with E-state index in [9.17, 15) is 23.9 Å². The van der Waals surface area contributed by atoms with Gasteiger partial charge in [-0.3, -0.25) is 10.1 Å². The maximum atomic E-state index is 15.6. The van der Waals surface area contributed by atoms with Crippen molar-refractivity contribution in [2.75, 3.05) is 6.54 Å². The lowest BCUT2D eigenvalue weighted by molar-refractivity contribution is -0.624. The topological polar surface area (TPSA) is 110 Å². The number of aromatic nitrogens is 4. The van der Waals surface area contributed by atoms with Crippen LogP contribution in [0.1, 0.15) is 17.7 Å². The molecule has 194 valence electrons. The van der Waals surface area contributed by atoms with E-state index in [0.717, 1.165) is 12.3 Å². The molecule has 0 saturated heterocycles. The number of aliphatic carboxylic acids is 1. The SMILES string of the molecule is O=C(O)CC1=C(F)C(NCC(F)(F)c2cccc[n+]2[O-])N(Cc2cc(Cl)ccc2-n2cncn2)C=C1Cl. The third-order valence-corrected chi connectivity index (χ3v) is 6.09. The molecule has 0 saturated carbocycles. The van der Waals surface area contributed by atoms with Gasteiger partial charge in [0.2, 0.25) is 0 Å². The Morgan fingerprint density at radius 1 is 1.27 bits per heavy atom. The maximum Gasteiger partial charge on any atom is 0.343 e. The van der Waals surface area contributed by atoms with Crippen LogP contribution in [-0.2, 0) is 17.3 Å². The molecule has 0 spiro atoms. The summed E-state index contributed by atoms with van der Waals surface area (Å²) in [6, 6.07) is 8.40. The van der Waals surface area contributed by atoms with Crippen molar-refractivity contribution in [3.05, 3.63) is 99.4 Å². The van der Waals surface area contributed by atoms with E-state index in [0.29, 0.717) is 16.3 Å². The van der Waals surface area contributed by atoms with Crippen LogP contribution >= 0.6 is 23.2 Å². The second-order valence-electron chi connectivity index (χ2n) is 8.06. The van der Waals surface area contributed by atoms with E-state index in [-0.39, 0.29) is 21.9 Å². The number of alkyl halides is 2. The predicted molar refractivity (Wildman–Crippen MR) is 127 cm³/mol. The highest BCUT2D eigenvalue weighted by Gasteiger charge is 2.41. The van der Waals surface area contributed by atoms with Crippen LogP contribution in [0.15, 0.2) is 77.9 Å². The quantitative estimate of drug-likeness (QED) is 0.305. The number of allylic oxidation sites excluding steroid dienone is 1. The van der Waals surface area contributed by atoms with Crippen LogP contribution < -0.4 is 10.0 Å². The lowest BCUT2D eigenvalue weighted by Crippen LogP contribution is -2.50. The smallest absolute Gasteiger partial charge is 0.343 e. The molecule has 3 aromatic rings. The monoisotopic (exact) mass is 554 g/mol. The fourth-order valence-corrected chi connectivity index (χ4v) is 4.32. The molecule has 0 amide bonds. The fourth-order valence-electron chi connectivity index (χ4n) is 3.85. The van der Waals surface area contributed by atoms with Gasteiger partial charge in [0.15, 0.2) is 6.20 Å². The molecule has 37 heavy (non-hydrogen) atoms. The van der Waals surface area contributed by atoms with Gasteiger partial charge in [-0.15, -0.1) is 0 Å². The molecule has 14 heteroatoms. The number of rotatable bonds is 9. The van der Waals surface area contributed by atoms with Gasteiger partial charge in [-0.2, -0.15) is 18.6 Å². The molecule has 1 aliphatic heterocycles. The van der Waals surface area contributed by atoms with E-state index in [1.54, 1.807) is 18.2 Å². The van der Waals surface area contributed by atoms with E-state index in [2.05, 4.69) is 15.4 Å². The van der Waals surface area contributed by atoms with Crippen molar-refractivity contribution in [3.63, 3.8) is 0 Å². The van der Waals surface area contributed by atoms with Crippen molar-refractivity contribution in [1.82, 2.24) is 25.0 Å². The van der Waals surface area contributed by atoms with Crippen molar-refractivity contribution < 1.29 is 27.8 Å². The van der Waals surface area contributed by atoms with Crippen LogP contribution in [0.2, 0.25) is 5.02 Å². The highest BCUT2D eigenvalue weighted by atomic mass is 35.5. The maximum absolute atomic E-state index is 15.6. The van der Waals surface area contributed by atoms with Gasteiger partial charge in [0, 0.05) is 35.5 Å². The van der Waals surface area contributed by atoms with Gasteiger partial charge in [-0.05, 0) is 29.8 Å². The van der Waals surface area contributed by atoms with Crippen LogP contribution in [0.4, 0.5) is 13.2 Å². The number of carboxylic acid groups (broad SMARTS) is 1. The first-order valence-corrected chi connectivity index (χ1v) is 11.5. The van der Waals surface area contributed by atoms with Crippen molar-refractivity contribution in [3.8, 4) is 5.69 Å². The van der Waals surface area contributed by atoms with E-state index in [1.807, 2.05) is 0 Å². The van der Waals surface area contributed by atoms with Crippen LogP contribution in [0, 0.1) is 5.21 Å². The lowest BCUT2D eigenvalue weighted by Gasteiger charge is -2.36. The van der Waals surface area contributed by atoms with Gasteiger partial charge >= 0.3 is 11.9 Å². The Hall–Kier alpha value is -3.61. The molecule has 1 aliphatic rings. The third kappa shape index (κ3) is 5.87. The number of nitrogens with one attached hydrogen (secondary N) is 1. The van der Waals surface area contributed by atoms with Crippen LogP contribution in [0.3, 0.4) is 0 Å². The van der Waals surface area contributed by atoms with Crippen molar-refractivity contribution in [2.24, 2.45) is 0 Å². The second-order valence-corrected chi connectivity index (χ2v) is 8.90. The summed E-state index contributed by atoms with van der Waals surface area (Å²) < 4.78 is 46.9. The summed E-state index contributed by atoms with van der Waals surface area (Å²) in [7, 11) is 0. The van der Waals surface area contributed by atoms with Gasteiger partial charge < -0.3 is 15.2 Å². The van der Waals surface area contributed by atoms with Crippen LogP contribution in [0.5, 0.6) is 0 Å². The molecular weight excluding hydrogens is 536 g/mol. The number of nitrogens with zero attached hydrogens (tertiary/aromatic N) is 5. The minimum Gasteiger partial charge on any atom is -0.618 e. The van der Waals surface area contributed by atoms with Crippen molar-refractivity contribution in [1.29, 1.82) is 0 Å². The Balaban J connectivity index is 1.68. The zero-order valence-electron chi connectivity index (χ0n) is 18.9. The minimum absolute atomic E-state index is 0.0233. The number of hydrogen-bond acceptors (Lipinski definition) is 6. The van der Waals surface area contributed by atoms with Gasteiger partial charge in [0.25, 0.3) is 5.69 Å². The Kier molecular flexibility index (Phi) is 7.71. The number of benzene rings is 1. The second kappa shape index (κ2) is 10.8. The summed E-state index contributed by atoms with van der Waals surface area (Å²) in [5.41, 5.74) is -0.135. The number of pyridine rings is 1. The van der Waals surface area contributed by atoms with Crippen LogP contribution in [-0.4, -0.2) is 43.5 Å². The Bertz CT molecular complexity index is 1370. The first kappa shape index (κ1) is 26.5. The molecule has 3 heterocycles. The van der Waals surface area contributed by atoms with Gasteiger partial charge in [-0.1, -0.05) is 23.2 Å². The Morgan fingerprint density at radius 2 is 2.05 bits per heavy atom. The van der Waals surface area contributed by atoms with Gasteiger partial charge in [0.1, 0.15) is 24.6 Å². The summed E-state index contributed by atoms with van der Waals surface area (Å²) in [5.74, 6) is -6.08. The van der Waals surface area contributed by atoms with Crippen molar-refractivity contribution >= 4 is 29.2 Å². The van der Waals surface area contributed by atoms with Gasteiger partial charge in [0.05, 0.1) is 23.7 Å². The predicted octanol–water partition coefficient (Wildman–Crippen LogP) is 3.86. The molecule has 1 aromatic carbocycles. The van der Waals surface area contributed by atoms with Crippen LogP contribution in [0.25, 0.3) is 5.69 Å². The third-order valence-electron chi connectivity index (χ3n) is 5.53. The highest BCUT2D eigenvalue weighted by molar-refractivity contribution is 6.32. The summed E-state index contributed by atoms with van der Waals surface area (Å²) in [6.45, 7) is -1.22. The molecule has 1 atom stereocenters. The van der Waals surface area contributed by atoms with E-state index < -0.39 is 42.5 Å². The van der Waals surface area contributed by atoms with Crippen molar-refractivity contribution in [2.45, 2.75) is 25.1 Å². The summed E-state index contributed by atoms with van der Waals surface area (Å²) in [6.07, 6.45) is 2.65. The fraction of sp³-hybridized carbons (Fsp3) is 0.217. The Labute approximate surface area is 218 Å². The number of carbonyl (C=O) groups is 1. The molecule has 0 fully saturated rings. The molecular formula is C23H19Cl2F3N6O3. The zero-order valence-corrected chi connectivity index (χ0v) is 20.4. The number of carboxylic acids is 1. The van der Waals surface area contributed by atoms with E-state index in [1.165, 1.54) is 40.6 Å². The summed E-state index contributed by atoms with van der Waals surface area (Å²) >= 11 is 12.4. The molecule has 0 bridgehead atoms. The normalized spacial score (nSPS) is 16.2. The molecule has 2 N–H and O–H groups in total. The molecule has 0 aliphatic carbocycles. The molecule has 1 unspecified atom stereocenters. The first-order valence-electron chi connectivity index (χ1n) is 10.7. The minimum atomic E-state index is -3.69. The zero-order chi connectivity index (χ0) is 26.7. The van der Waals surface area contributed by atoms with Gasteiger partial charge in [-0.25, -0.2) is 14.1 Å². The molecule has 9 nitrogen and oxygen atoms in total. The standard InChI is InChI=1S/C23H19Cl2F3N6O3/c24-15-4-5-18(33-13-29-12-31-33)14(7-15)9-32-10-17(25)16(8-20(35)36)21(26)22(32)30-11-23(27,28)19-3-1-2-6-34(19)37/h1-7,10,12-13,22,30H,8-9,11H2,(H,35,36). The number of hydrogen-bond donors (Lipinski definition) is 2. The Morgan fingerprint density at radius 3 is 2.73 bits per heavy atom. The van der Waals surface area contributed by atoms with E-state index >= 15 is 4.39 Å². The molecule has 2 aromatic heterocycles. The summed E-state index contributed by atoms with van der Waals surface area (Å²) in [4.78, 5) is 16.5. The highest BCUT2D eigenvalue weighted by Crippen LogP contribution is 2.34. The molecule has 0 radical (unpaired) electrons. The molecule has 4 rings (SSSR count). The lowest BCUT2D eigenvalue weighted by atomic mass is 10.0. The largest absolute Gasteiger partial charge is 0.618 e. The van der Waals surface area contributed by atoms with E-state index in [4.69, 9.17) is 23.2 Å². The average Bonchev–Trinajstić information content (AvgIpc) is 3.36.